The van der Waals surface area contributed by atoms with Gasteiger partial charge in [0.05, 0.1) is 5.69 Å². The minimum absolute atomic E-state index is 0.0633. The summed E-state index contributed by atoms with van der Waals surface area (Å²) in [5.41, 5.74) is 0.911. The molecule has 0 saturated heterocycles. The zero-order chi connectivity index (χ0) is 13.1. The summed E-state index contributed by atoms with van der Waals surface area (Å²) in [6, 6.07) is 6.13. The molecule has 0 spiro atoms. The maximum Gasteiger partial charge on any atom is 0.143 e. The van der Waals surface area contributed by atoms with Crippen LogP contribution in [0.1, 0.15) is 11.1 Å². The highest BCUT2D eigenvalue weighted by molar-refractivity contribution is 6.30. The van der Waals surface area contributed by atoms with Crippen LogP contribution < -0.4 is 5.32 Å². The molecule has 0 radical (unpaired) electrons. The smallest absolute Gasteiger partial charge is 0.143 e. The number of nitriles is 1. The van der Waals surface area contributed by atoms with Crippen molar-refractivity contribution in [1.29, 1.82) is 5.26 Å². The molecule has 90 valence electrons. The monoisotopic (exact) mass is 262 g/mol. The molecule has 1 heterocycles. The third-order valence-corrected chi connectivity index (χ3v) is 2.78. The number of hydrogen-bond donors (Lipinski definition) is 1. The Morgan fingerprint density at radius 3 is 2.89 bits per heavy atom. The lowest BCUT2D eigenvalue weighted by atomic mass is 10.2. The minimum atomic E-state index is -0.583. The Morgan fingerprint density at radius 1 is 1.39 bits per heavy atom. The lowest BCUT2D eigenvalue weighted by Crippen LogP contribution is -2.01. The van der Waals surface area contributed by atoms with E-state index < -0.39 is 5.82 Å². The van der Waals surface area contributed by atoms with Crippen molar-refractivity contribution in [2.75, 3.05) is 5.32 Å². The maximum atomic E-state index is 13.4. The highest BCUT2D eigenvalue weighted by Gasteiger charge is 2.10. The highest BCUT2D eigenvalue weighted by atomic mass is 35.5. The molecule has 1 aromatic carbocycles. The molecule has 0 aliphatic heterocycles. The van der Waals surface area contributed by atoms with Crippen molar-refractivity contribution >= 4 is 23.1 Å². The van der Waals surface area contributed by atoms with Crippen LogP contribution in [-0.4, -0.2) is 9.97 Å². The van der Waals surface area contributed by atoms with Gasteiger partial charge in [-0.15, -0.1) is 0 Å². The number of aromatic nitrogens is 2. The van der Waals surface area contributed by atoms with Crippen LogP contribution in [-0.2, 0) is 0 Å². The molecule has 0 unspecified atom stereocenters. The third kappa shape index (κ3) is 2.24. The van der Waals surface area contributed by atoms with Crippen molar-refractivity contribution in [3.8, 4) is 6.07 Å². The summed E-state index contributed by atoms with van der Waals surface area (Å²) < 4.78 is 13.4. The van der Waals surface area contributed by atoms with E-state index >= 15 is 0 Å². The molecule has 2 aromatic rings. The van der Waals surface area contributed by atoms with Crippen molar-refractivity contribution < 1.29 is 4.39 Å². The molecule has 0 aliphatic rings. The summed E-state index contributed by atoms with van der Waals surface area (Å²) in [5, 5.41) is 12.1. The summed E-state index contributed by atoms with van der Waals surface area (Å²) >= 11 is 5.85. The number of nitrogens with zero attached hydrogens (tertiary/aromatic N) is 3. The van der Waals surface area contributed by atoms with Crippen LogP contribution in [0.4, 0.5) is 15.9 Å². The van der Waals surface area contributed by atoms with Gasteiger partial charge in [0.1, 0.15) is 34.7 Å². The second kappa shape index (κ2) is 4.98. The molecule has 1 aromatic heterocycles. The van der Waals surface area contributed by atoms with Gasteiger partial charge in [0, 0.05) is 5.56 Å². The van der Waals surface area contributed by atoms with E-state index in [1.54, 1.807) is 19.1 Å². The lowest BCUT2D eigenvalue weighted by Gasteiger charge is -2.10. The molecule has 6 heteroatoms. The second-order valence-electron chi connectivity index (χ2n) is 3.54. The first-order valence-corrected chi connectivity index (χ1v) is 5.44. The fourth-order valence-electron chi connectivity index (χ4n) is 1.42. The van der Waals surface area contributed by atoms with Crippen molar-refractivity contribution in [2.24, 2.45) is 0 Å². The van der Waals surface area contributed by atoms with E-state index in [1.807, 2.05) is 0 Å². The fourth-order valence-corrected chi connectivity index (χ4v) is 1.56. The first-order chi connectivity index (χ1) is 8.63. The van der Waals surface area contributed by atoms with Gasteiger partial charge in [-0.1, -0.05) is 17.7 Å². The van der Waals surface area contributed by atoms with Crippen molar-refractivity contribution in [2.45, 2.75) is 6.92 Å². The van der Waals surface area contributed by atoms with Crippen LogP contribution in [0, 0.1) is 24.1 Å². The van der Waals surface area contributed by atoms with E-state index in [1.165, 1.54) is 18.5 Å². The van der Waals surface area contributed by atoms with Gasteiger partial charge in [-0.2, -0.15) is 5.26 Å². The van der Waals surface area contributed by atoms with Crippen LogP contribution in [0.15, 0.2) is 24.5 Å². The number of benzene rings is 1. The Labute approximate surface area is 108 Å². The van der Waals surface area contributed by atoms with Gasteiger partial charge in [0.2, 0.25) is 0 Å². The molecular weight excluding hydrogens is 255 g/mol. The fraction of sp³-hybridized carbons (Fsp3) is 0.0833. The van der Waals surface area contributed by atoms with Gasteiger partial charge in [-0.05, 0) is 19.1 Å². The van der Waals surface area contributed by atoms with E-state index in [9.17, 15) is 4.39 Å². The largest absolute Gasteiger partial charge is 0.339 e. The molecule has 0 aliphatic carbocycles. The molecule has 0 atom stereocenters. The molecule has 1 N–H and O–H groups in total. The summed E-state index contributed by atoms with van der Waals surface area (Å²) in [5.74, 6) is -0.141. The molecular formula is C12H8ClFN4. The number of rotatable bonds is 2. The Hall–Kier alpha value is -2.19. The SMILES string of the molecule is Cc1c(Cl)ncnc1Nc1cccc(F)c1C#N. The normalized spacial score (nSPS) is 9.89. The van der Waals surface area contributed by atoms with Crippen LogP contribution in [0.2, 0.25) is 5.15 Å². The van der Waals surface area contributed by atoms with Gasteiger partial charge >= 0.3 is 0 Å². The zero-order valence-corrected chi connectivity index (χ0v) is 10.2. The predicted molar refractivity (Wildman–Crippen MR) is 66.2 cm³/mol. The second-order valence-corrected chi connectivity index (χ2v) is 3.90. The van der Waals surface area contributed by atoms with Crippen molar-refractivity contribution in [3.63, 3.8) is 0 Å². The molecule has 18 heavy (non-hydrogen) atoms. The quantitative estimate of drug-likeness (QED) is 0.845. The Morgan fingerprint density at radius 2 is 2.17 bits per heavy atom. The zero-order valence-electron chi connectivity index (χ0n) is 9.41. The molecule has 4 nitrogen and oxygen atoms in total. The minimum Gasteiger partial charge on any atom is -0.339 e. The highest BCUT2D eigenvalue weighted by Crippen LogP contribution is 2.25. The number of halogens is 2. The van der Waals surface area contributed by atoms with Crippen LogP contribution in [0.3, 0.4) is 0 Å². The van der Waals surface area contributed by atoms with Crippen LogP contribution >= 0.6 is 11.6 Å². The topological polar surface area (TPSA) is 61.6 Å². The van der Waals surface area contributed by atoms with Crippen LogP contribution in [0.5, 0.6) is 0 Å². The van der Waals surface area contributed by atoms with E-state index in [0.29, 0.717) is 22.2 Å². The van der Waals surface area contributed by atoms with E-state index in [0.717, 1.165) is 0 Å². The molecule has 0 bridgehead atoms. The Bertz CT molecular complexity index is 636. The number of hydrogen-bond acceptors (Lipinski definition) is 4. The predicted octanol–water partition coefficient (Wildman–Crippen LogP) is 3.19. The average Bonchev–Trinajstić information content (AvgIpc) is 2.35. The molecule has 0 fully saturated rings. The van der Waals surface area contributed by atoms with Gasteiger partial charge in [-0.25, -0.2) is 14.4 Å². The summed E-state index contributed by atoms with van der Waals surface area (Å²) in [4.78, 5) is 7.82. The number of nitrogens with one attached hydrogen (secondary N) is 1. The molecule has 0 amide bonds. The first-order valence-electron chi connectivity index (χ1n) is 5.06. The van der Waals surface area contributed by atoms with Crippen molar-refractivity contribution in [3.05, 3.63) is 46.6 Å². The summed E-state index contributed by atoms with van der Waals surface area (Å²) in [6.07, 6.45) is 1.29. The third-order valence-electron chi connectivity index (χ3n) is 2.40. The first kappa shape index (κ1) is 12.3. The lowest BCUT2D eigenvalue weighted by molar-refractivity contribution is 0.624. The standard InChI is InChI=1S/C12H8ClFN4/c1-7-11(13)16-6-17-12(7)18-10-4-2-3-9(14)8(10)5-15/h2-4,6H,1H3,(H,16,17,18). The van der Waals surface area contributed by atoms with E-state index in [4.69, 9.17) is 16.9 Å². The summed E-state index contributed by atoms with van der Waals surface area (Å²) in [7, 11) is 0. The number of anilines is 2. The van der Waals surface area contributed by atoms with Gasteiger partial charge in [0.25, 0.3) is 0 Å². The average molecular weight is 263 g/mol. The summed E-state index contributed by atoms with van der Waals surface area (Å²) in [6.45, 7) is 1.73. The van der Waals surface area contributed by atoms with Crippen LogP contribution in [0.25, 0.3) is 0 Å². The van der Waals surface area contributed by atoms with E-state index in [-0.39, 0.29) is 5.56 Å². The molecule has 0 saturated carbocycles. The maximum absolute atomic E-state index is 13.4. The van der Waals surface area contributed by atoms with Gasteiger partial charge in [-0.3, -0.25) is 0 Å². The van der Waals surface area contributed by atoms with Crippen molar-refractivity contribution in [1.82, 2.24) is 9.97 Å². The van der Waals surface area contributed by atoms with E-state index in [2.05, 4.69) is 15.3 Å². The van der Waals surface area contributed by atoms with Gasteiger partial charge in [0.15, 0.2) is 0 Å². The molecule has 2 rings (SSSR count). The van der Waals surface area contributed by atoms with Gasteiger partial charge < -0.3 is 5.32 Å². The Balaban J connectivity index is 2.44. The Kier molecular flexibility index (Phi) is 3.40.